The number of carbonyl (C=O) groups is 1. The van der Waals surface area contributed by atoms with Crippen LogP contribution in [0.5, 0.6) is 5.75 Å². The molecule has 2 N–H and O–H groups in total. The lowest BCUT2D eigenvalue weighted by molar-refractivity contribution is -0.115. The van der Waals surface area contributed by atoms with Gasteiger partial charge in [-0.1, -0.05) is 41.4 Å². The molecule has 0 fully saturated rings. The smallest absolute Gasteiger partial charge is 0.250 e. The molecule has 0 saturated heterocycles. The molecule has 0 aliphatic rings. The van der Waals surface area contributed by atoms with Crippen molar-refractivity contribution in [3.05, 3.63) is 64.1 Å². The van der Waals surface area contributed by atoms with E-state index in [0.29, 0.717) is 21.5 Å². The Morgan fingerprint density at radius 2 is 1.92 bits per heavy atom. The fourth-order valence-corrected chi connectivity index (χ4v) is 2.38. The number of methoxy groups -OCH3 is 1. The molecule has 0 aliphatic carbocycles. The van der Waals surface area contributed by atoms with Gasteiger partial charge in [-0.3, -0.25) is 10.1 Å². The largest absolute Gasteiger partial charge is 0.496 e. The third-order valence-corrected chi connectivity index (χ3v) is 3.91. The first-order valence-corrected chi connectivity index (χ1v) is 8.04. The summed E-state index contributed by atoms with van der Waals surface area (Å²) in [5.41, 5.74) is 1.42. The van der Waals surface area contributed by atoms with E-state index >= 15 is 0 Å². The fraction of sp³-hybridized carbons (Fsp3) is 0.0588. The SMILES string of the molecule is COc1ccccc1/C=C/C(=O)NC(=S)Nc1ccc(Cl)c(Cl)c1. The van der Waals surface area contributed by atoms with E-state index in [9.17, 15) is 4.79 Å². The zero-order chi connectivity index (χ0) is 17.5. The van der Waals surface area contributed by atoms with Gasteiger partial charge in [-0.05, 0) is 42.6 Å². The Kier molecular flexibility index (Phi) is 6.61. The van der Waals surface area contributed by atoms with Crippen LogP contribution < -0.4 is 15.4 Å². The predicted octanol–water partition coefficient (Wildman–Crippen LogP) is 4.53. The highest BCUT2D eigenvalue weighted by atomic mass is 35.5. The van der Waals surface area contributed by atoms with Gasteiger partial charge in [-0.25, -0.2) is 0 Å². The number of thiocarbonyl (C=S) groups is 1. The average Bonchev–Trinajstić information content (AvgIpc) is 2.56. The lowest BCUT2D eigenvalue weighted by atomic mass is 10.2. The van der Waals surface area contributed by atoms with Crippen LogP contribution in [0.25, 0.3) is 6.08 Å². The highest BCUT2D eigenvalue weighted by molar-refractivity contribution is 7.80. The summed E-state index contributed by atoms with van der Waals surface area (Å²) < 4.78 is 5.21. The third kappa shape index (κ3) is 5.23. The molecule has 0 heterocycles. The average molecular weight is 381 g/mol. The van der Waals surface area contributed by atoms with Gasteiger partial charge in [0.15, 0.2) is 5.11 Å². The lowest BCUT2D eigenvalue weighted by Gasteiger charge is -2.09. The number of benzene rings is 2. The van der Waals surface area contributed by atoms with Crippen molar-refractivity contribution in [3.63, 3.8) is 0 Å². The Bertz CT molecular complexity index is 794. The summed E-state index contributed by atoms with van der Waals surface area (Å²) in [6, 6.07) is 12.3. The van der Waals surface area contributed by atoms with Crippen molar-refractivity contribution in [1.82, 2.24) is 5.32 Å². The Labute approximate surface area is 155 Å². The molecule has 0 aromatic heterocycles. The van der Waals surface area contributed by atoms with E-state index in [-0.39, 0.29) is 11.0 Å². The summed E-state index contributed by atoms with van der Waals surface area (Å²) in [7, 11) is 1.57. The molecule has 4 nitrogen and oxygen atoms in total. The Morgan fingerprint density at radius 1 is 1.17 bits per heavy atom. The van der Waals surface area contributed by atoms with E-state index in [1.165, 1.54) is 6.08 Å². The highest BCUT2D eigenvalue weighted by Crippen LogP contribution is 2.24. The summed E-state index contributed by atoms with van der Waals surface area (Å²) in [5, 5.41) is 6.40. The summed E-state index contributed by atoms with van der Waals surface area (Å²) in [5.74, 6) is 0.316. The molecule has 2 aromatic carbocycles. The van der Waals surface area contributed by atoms with Gasteiger partial charge < -0.3 is 10.1 Å². The third-order valence-electron chi connectivity index (χ3n) is 2.97. The lowest BCUT2D eigenvalue weighted by Crippen LogP contribution is -2.32. The van der Waals surface area contributed by atoms with E-state index in [0.717, 1.165) is 5.56 Å². The predicted molar refractivity (Wildman–Crippen MR) is 103 cm³/mol. The molecule has 124 valence electrons. The van der Waals surface area contributed by atoms with Crippen LogP contribution in [0.1, 0.15) is 5.56 Å². The highest BCUT2D eigenvalue weighted by Gasteiger charge is 2.04. The topological polar surface area (TPSA) is 50.4 Å². The van der Waals surface area contributed by atoms with Crippen LogP contribution >= 0.6 is 35.4 Å². The van der Waals surface area contributed by atoms with E-state index < -0.39 is 0 Å². The Balaban J connectivity index is 1.95. The zero-order valence-electron chi connectivity index (χ0n) is 12.7. The molecule has 2 aromatic rings. The first-order valence-electron chi connectivity index (χ1n) is 6.87. The maximum absolute atomic E-state index is 11.9. The number of rotatable bonds is 4. The first kappa shape index (κ1) is 18.3. The standard InChI is InChI=1S/C17H14Cl2N2O2S/c1-23-15-5-3-2-4-11(15)6-9-16(22)21-17(24)20-12-7-8-13(18)14(19)10-12/h2-10H,1H3,(H2,20,21,22,24)/b9-6+. The number of amides is 1. The molecule has 7 heteroatoms. The van der Waals surface area contributed by atoms with E-state index in [1.807, 2.05) is 24.3 Å². The molecule has 0 radical (unpaired) electrons. The van der Waals surface area contributed by atoms with Crippen LogP contribution in [0.3, 0.4) is 0 Å². The molecule has 24 heavy (non-hydrogen) atoms. The zero-order valence-corrected chi connectivity index (χ0v) is 15.0. The molecule has 2 rings (SSSR count). The summed E-state index contributed by atoms with van der Waals surface area (Å²) in [6.45, 7) is 0. The van der Waals surface area contributed by atoms with E-state index in [1.54, 1.807) is 31.4 Å². The monoisotopic (exact) mass is 380 g/mol. The van der Waals surface area contributed by atoms with Gasteiger partial charge in [-0.15, -0.1) is 0 Å². The second-order valence-electron chi connectivity index (χ2n) is 4.65. The number of hydrogen-bond acceptors (Lipinski definition) is 3. The summed E-state index contributed by atoms with van der Waals surface area (Å²) >= 11 is 16.9. The van der Waals surface area contributed by atoms with Crippen molar-refractivity contribution >= 4 is 58.2 Å². The van der Waals surface area contributed by atoms with Gasteiger partial charge >= 0.3 is 0 Å². The Morgan fingerprint density at radius 3 is 2.62 bits per heavy atom. The summed E-state index contributed by atoms with van der Waals surface area (Å²) in [6.07, 6.45) is 3.02. The number of nitrogens with one attached hydrogen (secondary N) is 2. The number of ether oxygens (including phenoxy) is 1. The second kappa shape index (κ2) is 8.68. The van der Waals surface area contributed by atoms with Crippen molar-refractivity contribution < 1.29 is 9.53 Å². The fourth-order valence-electron chi connectivity index (χ4n) is 1.86. The van der Waals surface area contributed by atoms with Gasteiger partial charge in [0, 0.05) is 17.3 Å². The second-order valence-corrected chi connectivity index (χ2v) is 5.87. The molecule has 0 bridgehead atoms. The van der Waals surface area contributed by atoms with Crippen LogP contribution in [-0.2, 0) is 4.79 Å². The van der Waals surface area contributed by atoms with E-state index in [2.05, 4.69) is 10.6 Å². The molecular weight excluding hydrogens is 367 g/mol. The van der Waals surface area contributed by atoms with Crippen LogP contribution in [-0.4, -0.2) is 18.1 Å². The minimum atomic E-state index is -0.363. The number of carbonyl (C=O) groups excluding carboxylic acids is 1. The molecule has 0 saturated carbocycles. The molecule has 0 atom stereocenters. The van der Waals surface area contributed by atoms with Crippen LogP contribution in [0.2, 0.25) is 10.0 Å². The number of anilines is 1. The first-order chi connectivity index (χ1) is 11.5. The molecular formula is C17H14Cl2N2O2S. The number of para-hydroxylation sites is 1. The minimum Gasteiger partial charge on any atom is -0.496 e. The van der Waals surface area contributed by atoms with Gasteiger partial charge in [0.25, 0.3) is 0 Å². The van der Waals surface area contributed by atoms with Gasteiger partial charge in [0.05, 0.1) is 17.2 Å². The number of hydrogen-bond donors (Lipinski definition) is 2. The van der Waals surface area contributed by atoms with Crippen molar-refractivity contribution in [2.45, 2.75) is 0 Å². The van der Waals surface area contributed by atoms with Gasteiger partial charge in [-0.2, -0.15) is 0 Å². The quantitative estimate of drug-likeness (QED) is 0.604. The van der Waals surface area contributed by atoms with Crippen molar-refractivity contribution in [2.24, 2.45) is 0 Å². The maximum atomic E-state index is 11.9. The molecule has 0 unspecified atom stereocenters. The Hall–Kier alpha value is -2.08. The minimum absolute atomic E-state index is 0.156. The van der Waals surface area contributed by atoms with Crippen LogP contribution in [0, 0.1) is 0 Å². The van der Waals surface area contributed by atoms with Crippen LogP contribution in [0.15, 0.2) is 48.5 Å². The maximum Gasteiger partial charge on any atom is 0.250 e. The van der Waals surface area contributed by atoms with Gasteiger partial charge in [0.1, 0.15) is 5.75 Å². The van der Waals surface area contributed by atoms with Crippen LogP contribution in [0.4, 0.5) is 5.69 Å². The van der Waals surface area contributed by atoms with Crippen molar-refractivity contribution in [2.75, 3.05) is 12.4 Å². The summed E-state index contributed by atoms with van der Waals surface area (Å²) in [4.78, 5) is 11.9. The normalized spacial score (nSPS) is 10.5. The van der Waals surface area contributed by atoms with Crippen molar-refractivity contribution in [1.29, 1.82) is 0 Å². The molecule has 1 amide bonds. The number of halogens is 2. The van der Waals surface area contributed by atoms with Gasteiger partial charge in [0.2, 0.25) is 5.91 Å². The van der Waals surface area contributed by atoms with E-state index in [4.69, 9.17) is 40.2 Å². The molecule has 0 aliphatic heterocycles. The van der Waals surface area contributed by atoms with Crippen molar-refractivity contribution in [3.8, 4) is 5.75 Å². The molecule has 0 spiro atoms.